The van der Waals surface area contributed by atoms with E-state index in [1.54, 1.807) is 0 Å². The molecule has 1 aromatic carbocycles. The molecule has 4 aliphatic rings. The fraction of sp³-hybridized carbons (Fsp3) is 0.667. The number of amides is 2. The van der Waals surface area contributed by atoms with Crippen LogP contribution in [-0.4, -0.2) is 60.4 Å². The van der Waals surface area contributed by atoms with Gasteiger partial charge in [-0.1, -0.05) is 18.2 Å². The lowest BCUT2D eigenvalue weighted by Crippen LogP contribution is -2.54. The summed E-state index contributed by atoms with van der Waals surface area (Å²) in [6, 6.07) is 7.23. The molecule has 1 atom stereocenters. The van der Waals surface area contributed by atoms with E-state index in [9.17, 15) is 9.59 Å². The van der Waals surface area contributed by atoms with Gasteiger partial charge in [0, 0.05) is 31.6 Å². The first-order valence-electron chi connectivity index (χ1n) is 11.6. The zero-order valence-electron chi connectivity index (χ0n) is 17.3. The molecule has 5 nitrogen and oxygen atoms in total. The molecular weight excluding hydrogens is 362 g/mol. The first-order valence-corrected chi connectivity index (χ1v) is 11.6. The average molecular weight is 396 g/mol. The Balaban J connectivity index is 1.11. The molecule has 5 heteroatoms. The first-order chi connectivity index (χ1) is 14.2. The summed E-state index contributed by atoms with van der Waals surface area (Å²) in [6.45, 7) is 5.57. The number of nitrogens with one attached hydrogen (secondary N) is 1. The van der Waals surface area contributed by atoms with Gasteiger partial charge in [0.25, 0.3) is 5.91 Å². The first kappa shape index (κ1) is 19.1. The minimum atomic E-state index is -0.403. The maximum Gasteiger partial charge on any atom is 0.252 e. The van der Waals surface area contributed by atoms with Gasteiger partial charge in [0.05, 0.1) is 0 Å². The van der Waals surface area contributed by atoms with Crippen LogP contribution in [0.25, 0.3) is 0 Å². The number of hydrogen-bond donors (Lipinski definition) is 1. The third-order valence-corrected chi connectivity index (χ3v) is 7.65. The number of piperidine rings is 2. The van der Waals surface area contributed by atoms with Crippen LogP contribution >= 0.6 is 0 Å². The SMILES string of the molecule is O=C1NC(C(=O)N2CCC(C3CCN(CC4CC4)CC3)CC2)Cc2ccccc21. The molecule has 29 heavy (non-hydrogen) atoms. The van der Waals surface area contributed by atoms with Crippen LogP contribution in [-0.2, 0) is 11.2 Å². The van der Waals surface area contributed by atoms with Gasteiger partial charge in [0.1, 0.15) is 6.04 Å². The molecule has 1 aromatic rings. The molecule has 5 rings (SSSR count). The predicted octanol–water partition coefficient (Wildman–Crippen LogP) is 2.70. The van der Waals surface area contributed by atoms with Gasteiger partial charge in [-0.15, -0.1) is 0 Å². The maximum absolute atomic E-state index is 13.0. The molecule has 1 unspecified atom stereocenters. The number of likely N-dealkylation sites (tertiary alicyclic amines) is 2. The monoisotopic (exact) mass is 395 g/mol. The number of benzene rings is 1. The second-order valence-corrected chi connectivity index (χ2v) is 9.63. The number of carbonyl (C=O) groups excluding carboxylic acids is 2. The highest BCUT2D eigenvalue weighted by Gasteiger charge is 2.36. The summed E-state index contributed by atoms with van der Waals surface area (Å²) in [5.74, 6) is 2.59. The van der Waals surface area contributed by atoms with Gasteiger partial charge in [0.15, 0.2) is 0 Å². The number of fused-ring (bicyclic) bond motifs is 1. The Hall–Kier alpha value is -1.88. The maximum atomic E-state index is 13.0. The van der Waals surface area contributed by atoms with Crippen molar-refractivity contribution in [2.24, 2.45) is 17.8 Å². The highest BCUT2D eigenvalue weighted by molar-refractivity contribution is 6.00. The van der Waals surface area contributed by atoms with Crippen molar-refractivity contribution in [2.45, 2.75) is 51.0 Å². The molecule has 3 aliphatic heterocycles. The minimum Gasteiger partial charge on any atom is -0.341 e. The van der Waals surface area contributed by atoms with Crippen molar-refractivity contribution in [1.29, 1.82) is 0 Å². The van der Waals surface area contributed by atoms with Crippen LogP contribution in [0.2, 0.25) is 0 Å². The highest BCUT2D eigenvalue weighted by Crippen LogP contribution is 2.35. The Labute approximate surface area is 173 Å². The van der Waals surface area contributed by atoms with E-state index in [4.69, 9.17) is 0 Å². The Bertz CT molecular complexity index is 759. The van der Waals surface area contributed by atoms with E-state index in [0.717, 1.165) is 49.2 Å². The van der Waals surface area contributed by atoms with Crippen LogP contribution in [0.4, 0.5) is 0 Å². The Morgan fingerprint density at radius 2 is 1.59 bits per heavy atom. The van der Waals surface area contributed by atoms with Crippen LogP contribution in [0, 0.1) is 17.8 Å². The smallest absolute Gasteiger partial charge is 0.252 e. The topological polar surface area (TPSA) is 52.7 Å². The molecule has 3 fully saturated rings. The van der Waals surface area contributed by atoms with Crippen LogP contribution in [0.3, 0.4) is 0 Å². The lowest BCUT2D eigenvalue weighted by atomic mass is 9.78. The van der Waals surface area contributed by atoms with Gasteiger partial charge < -0.3 is 15.1 Å². The standard InChI is InChI=1S/C24H33N3O2/c28-23-21-4-2-1-3-20(21)15-22(25-23)24(29)27-13-9-19(10-14-27)18-7-11-26(12-8-18)16-17-5-6-17/h1-4,17-19,22H,5-16H2,(H,25,28). The van der Waals surface area contributed by atoms with Crippen molar-refractivity contribution in [3.8, 4) is 0 Å². The quantitative estimate of drug-likeness (QED) is 0.853. The van der Waals surface area contributed by atoms with Gasteiger partial charge in [0.2, 0.25) is 5.91 Å². The summed E-state index contributed by atoms with van der Waals surface area (Å²) in [6.07, 6.45) is 8.41. The minimum absolute atomic E-state index is 0.102. The Morgan fingerprint density at radius 1 is 0.931 bits per heavy atom. The molecule has 0 bridgehead atoms. The lowest BCUT2D eigenvalue weighted by Gasteiger charge is -2.41. The van der Waals surface area contributed by atoms with Crippen molar-refractivity contribution in [3.05, 3.63) is 35.4 Å². The molecule has 2 amide bonds. The molecule has 1 saturated carbocycles. The second-order valence-electron chi connectivity index (χ2n) is 9.63. The molecule has 2 saturated heterocycles. The zero-order valence-corrected chi connectivity index (χ0v) is 17.3. The number of rotatable bonds is 4. The predicted molar refractivity (Wildman–Crippen MR) is 113 cm³/mol. The van der Waals surface area contributed by atoms with Crippen LogP contribution < -0.4 is 5.32 Å². The van der Waals surface area contributed by atoms with Crippen LogP contribution in [0.5, 0.6) is 0 Å². The van der Waals surface area contributed by atoms with Crippen molar-refractivity contribution in [2.75, 3.05) is 32.7 Å². The summed E-state index contributed by atoms with van der Waals surface area (Å²) >= 11 is 0. The van der Waals surface area contributed by atoms with Crippen molar-refractivity contribution in [3.63, 3.8) is 0 Å². The van der Waals surface area contributed by atoms with Gasteiger partial charge >= 0.3 is 0 Å². The van der Waals surface area contributed by atoms with Gasteiger partial charge in [-0.05, 0) is 81.0 Å². The summed E-state index contributed by atoms with van der Waals surface area (Å²) in [7, 11) is 0. The Morgan fingerprint density at radius 3 is 2.28 bits per heavy atom. The van der Waals surface area contributed by atoms with E-state index < -0.39 is 6.04 Å². The largest absolute Gasteiger partial charge is 0.341 e. The molecule has 0 spiro atoms. The summed E-state index contributed by atoms with van der Waals surface area (Å²) in [4.78, 5) is 30.1. The summed E-state index contributed by atoms with van der Waals surface area (Å²) in [5.41, 5.74) is 1.70. The van der Waals surface area contributed by atoms with E-state index in [1.165, 1.54) is 45.3 Å². The molecule has 1 N–H and O–H groups in total. The Kier molecular flexibility index (Phi) is 5.33. The summed E-state index contributed by atoms with van der Waals surface area (Å²) < 4.78 is 0. The molecule has 156 valence electrons. The van der Waals surface area contributed by atoms with E-state index >= 15 is 0 Å². The van der Waals surface area contributed by atoms with Gasteiger partial charge in [-0.2, -0.15) is 0 Å². The van der Waals surface area contributed by atoms with E-state index in [-0.39, 0.29) is 11.8 Å². The fourth-order valence-electron chi connectivity index (χ4n) is 5.66. The number of hydrogen-bond acceptors (Lipinski definition) is 3. The van der Waals surface area contributed by atoms with Crippen molar-refractivity contribution in [1.82, 2.24) is 15.1 Å². The normalized spacial score (nSPS) is 26.8. The molecule has 0 aromatic heterocycles. The number of carbonyl (C=O) groups is 2. The van der Waals surface area contributed by atoms with Crippen molar-refractivity contribution >= 4 is 11.8 Å². The number of nitrogens with zero attached hydrogens (tertiary/aromatic N) is 2. The third kappa shape index (κ3) is 4.20. The second kappa shape index (κ2) is 8.10. The van der Waals surface area contributed by atoms with Crippen LogP contribution in [0.15, 0.2) is 24.3 Å². The third-order valence-electron chi connectivity index (χ3n) is 7.65. The molecule has 1 aliphatic carbocycles. The van der Waals surface area contributed by atoms with Crippen LogP contribution in [0.1, 0.15) is 54.4 Å². The average Bonchev–Trinajstić information content (AvgIpc) is 3.58. The van der Waals surface area contributed by atoms with Gasteiger partial charge in [-0.3, -0.25) is 9.59 Å². The lowest BCUT2D eigenvalue weighted by molar-refractivity contribution is -0.135. The van der Waals surface area contributed by atoms with Crippen molar-refractivity contribution < 1.29 is 9.59 Å². The summed E-state index contributed by atoms with van der Waals surface area (Å²) in [5, 5.41) is 2.93. The molecule has 3 heterocycles. The highest BCUT2D eigenvalue weighted by atomic mass is 16.2. The van der Waals surface area contributed by atoms with E-state index in [0.29, 0.717) is 12.0 Å². The van der Waals surface area contributed by atoms with E-state index in [2.05, 4.69) is 10.2 Å². The molecular formula is C24H33N3O2. The zero-order chi connectivity index (χ0) is 19.8. The fourth-order valence-corrected chi connectivity index (χ4v) is 5.66. The molecule has 0 radical (unpaired) electrons. The van der Waals surface area contributed by atoms with Gasteiger partial charge in [-0.25, -0.2) is 0 Å². The van der Waals surface area contributed by atoms with E-state index in [1.807, 2.05) is 29.2 Å².